The first-order valence-corrected chi connectivity index (χ1v) is 6.58. The molecular weight excluding hydrogens is 262 g/mol. The third-order valence-corrected chi connectivity index (χ3v) is 2.77. The minimum Gasteiger partial charge on any atom is -0.250 e. The Morgan fingerprint density at radius 1 is 0.857 bits per heavy atom. The van der Waals surface area contributed by atoms with Gasteiger partial charge in [-0.1, -0.05) is 18.2 Å². The van der Waals surface area contributed by atoms with Gasteiger partial charge in [0.2, 0.25) is 0 Å². The summed E-state index contributed by atoms with van der Waals surface area (Å²) < 4.78 is 0. The Morgan fingerprint density at radius 2 is 1.52 bits per heavy atom. The standard InChI is InChI=1S/C16H13N5/c1-3-9-17-15(5-1)19-11-13-7-8-14(21-13)12-20-16-6-2-4-10-18-16/h1-7,9-12H,8H2/b19-11+,20-12+. The number of aromatic nitrogens is 2. The molecule has 1 aliphatic rings. The van der Waals surface area contributed by atoms with Crippen molar-refractivity contribution in [3.05, 3.63) is 60.6 Å². The van der Waals surface area contributed by atoms with Gasteiger partial charge in [-0.3, -0.25) is 4.99 Å². The van der Waals surface area contributed by atoms with Crippen molar-refractivity contribution in [1.82, 2.24) is 9.97 Å². The number of nitrogens with zero attached hydrogens (tertiary/aromatic N) is 5. The predicted octanol–water partition coefficient (Wildman–Crippen LogP) is 3.31. The monoisotopic (exact) mass is 275 g/mol. The first-order chi connectivity index (χ1) is 10.4. The lowest BCUT2D eigenvalue weighted by atomic mass is 10.3. The predicted molar refractivity (Wildman–Crippen MR) is 84.9 cm³/mol. The lowest BCUT2D eigenvalue weighted by Crippen LogP contribution is -1.93. The van der Waals surface area contributed by atoms with Gasteiger partial charge in [0, 0.05) is 18.8 Å². The zero-order valence-corrected chi connectivity index (χ0v) is 11.3. The Bertz CT molecular complexity index is 715. The van der Waals surface area contributed by atoms with Crippen molar-refractivity contribution in [1.29, 1.82) is 0 Å². The Labute approximate surface area is 122 Å². The zero-order valence-electron chi connectivity index (χ0n) is 11.3. The fraction of sp³-hybridized carbons (Fsp3) is 0.0625. The molecule has 0 amide bonds. The average Bonchev–Trinajstić information content (AvgIpc) is 3.01. The third kappa shape index (κ3) is 3.76. The first kappa shape index (κ1) is 13.1. The van der Waals surface area contributed by atoms with Gasteiger partial charge < -0.3 is 0 Å². The highest BCUT2D eigenvalue weighted by Crippen LogP contribution is 2.11. The van der Waals surface area contributed by atoms with E-state index < -0.39 is 0 Å². The Morgan fingerprint density at radius 3 is 2.14 bits per heavy atom. The molecule has 102 valence electrons. The molecule has 0 saturated heterocycles. The summed E-state index contributed by atoms with van der Waals surface area (Å²) in [7, 11) is 0. The normalized spacial score (nSPS) is 14.7. The van der Waals surface area contributed by atoms with E-state index in [4.69, 9.17) is 0 Å². The maximum atomic E-state index is 4.44. The van der Waals surface area contributed by atoms with E-state index in [1.54, 1.807) is 24.8 Å². The van der Waals surface area contributed by atoms with Gasteiger partial charge in [-0.05, 0) is 24.3 Å². The average molecular weight is 275 g/mol. The number of hydrogen-bond donors (Lipinski definition) is 0. The van der Waals surface area contributed by atoms with E-state index >= 15 is 0 Å². The third-order valence-electron chi connectivity index (χ3n) is 2.77. The summed E-state index contributed by atoms with van der Waals surface area (Å²) in [6, 6.07) is 11.2. The maximum Gasteiger partial charge on any atom is 0.151 e. The molecule has 3 heterocycles. The summed E-state index contributed by atoms with van der Waals surface area (Å²) in [4.78, 5) is 21.3. The van der Waals surface area contributed by atoms with Crippen molar-refractivity contribution in [2.45, 2.75) is 6.42 Å². The Kier molecular flexibility index (Phi) is 4.02. The number of pyridine rings is 2. The Hall–Kier alpha value is -2.95. The summed E-state index contributed by atoms with van der Waals surface area (Å²) in [5.74, 6) is 1.35. The van der Waals surface area contributed by atoms with Crippen molar-refractivity contribution in [2.75, 3.05) is 0 Å². The van der Waals surface area contributed by atoms with Crippen LogP contribution in [-0.2, 0) is 0 Å². The minimum atomic E-state index is 0.671. The molecule has 2 aromatic rings. The van der Waals surface area contributed by atoms with Crippen LogP contribution >= 0.6 is 0 Å². The van der Waals surface area contributed by atoms with E-state index in [0.29, 0.717) is 11.6 Å². The van der Waals surface area contributed by atoms with E-state index in [0.717, 1.165) is 17.8 Å². The summed E-state index contributed by atoms with van der Waals surface area (Å²) >= 11 is 0. The maximum absolute atomic E-state index is 4.44. The van der Waals surface area contributed by atoms with Crippen LogP contribution < -0.4 is 0 Å². The fourth-order valence-corrected chi connectivity index (χ4v) is 1.76. The van der Waals surface area contributed by atoms with Crippen molar-refractivity contribution < 1.29 is 0 Å². The van der Waals surface area contributed by atoms with Crippen LogP contribution in [0.25, 0.3) is 0 Å². The van der Waals surface area contributed by atoms with E-state index in [9.17, 15) is 0 Å². The van der Waals surface area contributed by atoms with Crippen molar-refractivity contribution >= 4 is 29.8 Å². The molecule has 0 saturated carbocycles. The van der Waals surface area contributed by atoms with Crippen LogP contribution in [-0.4, -0.2) is 28.1 Å². The molecule has 1 aliphatic heterocycles. The lowest BCUT2D eigenvalue weighted by molar-refractivity contribution is 1.28. The van der Waals surface area contributed by atoms with Crippen LogP contribution in [0.15, 0.2) is 75.5 Å². The van der Waals surface area contributed by atoms with Crippen LogP contribution in [0.5, 0.6) is 0 Å². The second-order valence-electron chi connectivity index (χ2n) is 4.33. The van der Waals surface area contributed by atoms with Gasteiger partial charge in [0.25, 0.3) is 0 Å². The van der Waals surface area contributed by atoms with Crippen LogP contribution in [0.3, 0.4) is 0 Å². The molecule has 0 unspecified atom stereocenters. The molecule has 21 heavy (non-hydrogen) atoms. The summed E-state index contributed by atoms with van der Waals surface area (Å²) in [6.07, 6.45) is 9.63. The van der Waals surface area contributed by atoms with Crippen LogP contribution in [0.1, 0.15) is 6.42 Å². The van der Waals surface area contributed by atoms with Gasteiger partial charge in [-0.15, -0.1) is 0 Å². The number of allylic oxidation sites excluding steroid dienone is 2. The molecule has 2 aromatic heterocycles. The molecule has 0 atom stereocenters. The molecule has 5 heteroatoms. The van der Waals surface area contributed by atoms with Crippen LogP contribution in [0.2, 0.25) is 0 Å². The highest BCUT2D eigenvalue weighted by atomic mass is 14.9. The van der Waals surface area contributed by atoms with Crippen molar-refractivity contribution in [3.8, 4) is 0 Å². The number of hydrogen-bond acceptors (Lipinski definition) is 5. The van der Waals surface area contributed by atoms with E-state index in [1.807, 2.05) is 42.5 Å². The van der Waals surface area contributed by atoms with E-state index in [1.165, 1.54) is 0 Å². The molecule has 0 bridgehead atoms. The quantitative estimate of drug-likeness (QED) is 0.803. The van der Waals surface area contributed by atoms with Gasteiger partial charge >= 0.3 is 0 Å². The topological polar surface area (TPSA) is 62.9 Å². The lowest BCUT2D eigenvalue weighted by Gasteiger charge is -1.91. The van der Waals surface area contributed by atoms with Crippen LogP contribution in [0, 0.1) is 0 Å². The molecule has 0 aromatic carbocycles. The van der Waals surface area contributed by atoms with Gasteiger partial charge in [0.1, 0.15) is 0 Å². The molecule has 3 rings (SSSR count). The molecule has 0 aliphatic carbocycles. The van der Waals surface area contributed by atoms with E-state index in [-0.39, 0.29) is 0 Å². The van der Waals surface area contributed by atoms with Crippen molar-refractivity contribution in [3.63, 3.8) is 0 Å². The molecular formula is C16H13N5. The number of rotatable bonds is 4. The summed E-state index contributed by atoms with van der Waals surface area (Å²) in [5, 5.41) is 0. The van der Waals surface area contributed by atoms with Gasteiger partial charge in [0.15, 0.2) is 11.6 Å². The second-order valence-corrected chi connectivity index (χ2v) is 4.33. The largest absolute Gasteiger partial charge is 0.250 e. The van der Waals surface area contributed by atoms with Gasteiger partial charge in [-0.25, -0.2) is 20.0 Å². The molecule has 0 spiro atoms. The van der Waals surface area contributed by atoms with Gasteiger partial charge in [0.05, 0.1) is 23.8 Å². The van der Waals surface area contributed by atoms with Gasteiger partial charge in [-0.2, -0.15) is 0 Å². The fourth-order valence-electron chi connectivity index (χ4n) is 1.76. The summed E-state index contributed by atoms with van der Waals surface area (Å²) in [5.41, 5.74) is 1.71. The van der Waals surface area contributed by atoms with Crippen molar-refractivity contribution in [2.24, 2.45) is 15.0 Å². The molecule has 5 nitrogen and oxygen atoms in total. The number of aliphatic imine (C=N–C) groups is 3. The molecule has 0 radical (unpaired) electrons. The molecule has 0 fully saturated rings. The first-order valence-electron chi connectivity index (χ1n) is 6.58. The SMILES string of the molecule is C1=C(/C=N/c2ccccn2)N=C(/C=N/c2ccccn2)C1. The highest BCUT2D eigenvalue weighted by molar-refractivity contribution is 6.33. The highest BCUT2D eigenvalue weighted by Gasteiger charge is 2.04. The van der Waals surface area contributed by atoms with Crippen LogP contribution in [0.4, 0.5) is 11.6 Å². The zero-order chi connectivity index (χ0) is 14.3. The summed E-state index contributed by atoms with van der Waals surface area (Å²) in [6.45, 7) is 0. The second kappa shape index (κ2) is 6.47. The smallest absolute Gasteiger partial charge is 0.151 e. The minimum absolute atomic E-state index is 0.671. The Balaban J connectivity index is 1.64. The molecule has 0 N–H and O–H groups in total. The van der Waals surface area contributed by atoms with E-state index in [2.05, 4.69) is 24.9 Å².